The lowest BCUT2D eigenvalue weighted by atomic mass is 9.17. The molecule has 0 aliphatic heterocycles. The Bertz CT molecular complexity index is 237. The van der Waals surface area contributed by atoms with E-state index >= 15 is 0 Å². The van der Waals surface area contributed by atoms with Gasteiger partial charge in [-0.05, 0) is 0 Å². The summed E-state index contributed by atoms with van der Waals surface area (Å²) in [5.41, 5.74) is 0. The summed E-state index contributed by atoms with van der Waals surface area (Å²) in [6.45, 7) is 9.38. The van der Waals surface area contributed by atoms with Gasteiger partial charge in [-0.15, -0.1) is 0 Å². The topological polar surface area (TPSA) is 0 Å². The minimum Gasteiger partial charge on any atom is -0.178 e. The third kappa shape index (κ3) is 18.5. The highest BCUT2D eigenvalue weighted by Gasteiger charge is 2.23. The van der Waals surface area contributed by atoms with E-state index < -0.39 is 0 Å². The lowest BCUT2D eigenvalue weighted by Crippen LogP contribution is -2.34. The minimum absolute atomic E-state index is 0.0861. The van der Waals surface area contributed by atoms with Gasteiger partial charge >= 0.3 is 0 Å². The highest BCUT2D eigenvalue weighted by atomic mass is 14.1. The van der Waals surface area contributed by atoms with Gasteiger partial charge in [0.1, 0.15) is 0 Å². The molecular formula is C28H60B-. The van der Waals surface area contributed by atoms with Crippen molar-refractivity contribution in [2.75, 3.05) is 0 Å². The summed E-state index contributed by atoms with van der Waals surface area (Å²) in [4.78, 5) is 0. The van der Waals surface area contributed by atoms with Gasteiger partial charge in [0.15, 0.2) is 0 Å². The number of unbranched alkanes of at least 4 members (excludes halogenated alkanes) is 16. The van der Waals surface area contributed by atoms with Crippen molar-refractivity contribution in [1.29, 1.82) is 0 Å². The Morgan fingerprint density at radius 3 is 0.690 bits per heavy atom. The molecule has 0 nitrogen and oxygen atoms in total. The molecule has 1 heteroatoms. The smallest absolute Gasteiger partial charge is 0.000747 e. The largest absolute Gasteiger partial charge is 0.178 e. The molecule has 0 rings (SSSR count). The molecule has 0 unspecified atom stereocenters. The van der Waals surface area contributed by atoms with Gasteiger partial charge in [-0.25, -0.2) is 0 Å². The second-order valence-corrected chi connectivity index (χ2v) is 10.5. The van der Waals surface area contributed by atoms with Crippen LogP contribution in [0, 0.1) is 0 Å². The predicted molar refractivity (Wildman–Crippen MR) is 140 cm³/mol. The monoisotopic (exact) mass is 407 g/mol. The fourth-order valence-electron chi connectivity index (χ4n) is 5.59. The summed E-state index contributed by atoms with van der Waals surface area (Å²) in [5, 5.41) is 0. The molecule has 0 aromatic rings. The van der Waals surface area contributed by atoms with E-state index in [2.05, 4.69) is 27.7 Å². The summed E-state index contributed by atoms with van der Waals surface area (Å²) in [6.07, 6.45) is 35.6. The first-order valence-electron chi connectivity index (χ1n) is 14.5. The van der Waals surface area contributed by atoms with Crippen LogP contribution in [0.5, 0.6) is 0 Å². The van der Waals surface area contributed by atoms with Crippen LogP contribution < -0.4 is 0 Å². The van der Waals surface area contributed by atoms with Crippen molar-refractivity contribution in [3.63, 3.8) is 0 Å². The van der Waals surface area contributed by atoms with E-state index in [4.69, 9.17) is 0 Å². The van der Waals surface area contributed by atoms with Crippen LogP contribution in [-0.2, 0) is 0 Å². The van der Waals surface area contributed by atoms with Crippen LogP contribution in [0.15, 0.2) is 0 Å². The lowest BCUT2D eigenvalue weighted by Gasteiger charge is -2.41. The molecule has 0 spiro atoms. The molecule has 0 aromatic heterocycles. The van der Waals surface area contributed by atoms with E-state index in [0.717, 1.165) is 0 Å². The molecule has 0 radical (unpaired) electrons. The third-order valence-corrected chi connectivity index (χ3v) is 7.68. The summed E-state index contributed by atoms with van der Waals surface area (Å²) < 4.78 is 0. The first-order chi connectivity index (χ1) is 14.2. The summed E-state index contributed by atoms with van der Waals surface area (Å²) in [5.74, 6) is 0. The average molecular weight is 408 g/mol. The van der Waals surface area contributed by atoms with E-state index in [0.29, 0.717) is 0 Å². The minimum atomic E-state index is -0.0861. The van der Waals surface area contributed by atoms with E-state index in [-0.39, 0.29) is 6.15 Å². The van der Waals surface area contributed by atoms with Crippen LogP contribution in [0.3, 0.4) is 0 Å². The van der Waals surface area contributed by atoms with Crippen molar-refractivity contribution in [2.24, 2.45) is 0 Å². The zero-order chi connectivity index (χ0) is 21.5. The second-order valence-electron chi connectivity index (χ2n) is 10.5. The lowest BCUT2D eigenvalue weighted by molar-refractivity contribution is 0.619. The zero-order valence-corrected chi connectivity index (χ0v) is 21.5. The molecule has 176 valence electrons. The Kier molecular flexibility index (Phi) is 22.8. The van der Waals surface area contributed by atoms with Gasteiger partial charge < -0.3 is 0 Å². The molecule has 0 aromatic carbocycles. The molecule has 0 saturated carbocycles. The number of rotatable bonds is 24. The van der Waals surface area contributed by atoms with Crippen molar-refractivity contribution in [3.8, 4) is 0 Å². The quantitative estimate of drug-likeness (QED) is 0.110. The van der Waals surface area contributed by atoms with Crippen molar-refractivity contribution in [3.05, 3.63) is 0 Å². The fraction of sp³-hybridized carbons (Fsp3) is 1.00. The Balaban J connectivity index is 4.69. The van der Waals surface area contributed by atoms with E-state index in [1.54, 1.807) is 25.3 Å². The van der Waals surface area contributed by atoms with Crippen LogP contribution in [0.25, 0.3) is 0 Å². The second kappa shape index (κ2) is 22.7. The Morgan fingerprint density at radius 1 is 0.276 bits per heavy atom. The van der Waals surface area contributed by atoms with Crippen LogP contribution in [-0.4, -0.2) is 6.15 Å². The molecule has 0 bridgehead atoms. The fourth-order valence-corrected chi connectivity index (χ4v) is 5.59. The molecule has 0 N–H and O–H groups in total. The van der Waals surface area contributed by atoms with Gasteiger partial charge in [0.05, 0.1) is 0 Å². The van der Waals surface area contributed by atoms with Crippen molar-refractivity contribution in [2.45, 2.75) is 181 Å². The summed E-state index contributed by atoms with van der Waals surface area (Å²) in [7, 11) is 0. The maximum atomic E-state index is 2.34. The molecule has 0 amide bonds. The molecule has 0 aliphatic carbocycles. The van der Waals surface area contributed by atoms with Gasteiger partial charge in [-0.1, -0.05) is 156 Å². The molecule has 0 saturated heterocycles. The standard InChI is InChI=1S/C28H60B/c1-5-9-13-17-21-25-29(26-22-18-14-10-6-2,27-23-19-15-11-7-3)28-24-20-16-12-8-4/h5-28H2,1-4H3/q-1. The van der Waals surface area contributed by atoms with Crippen LogP contribution >= 0.6 is 0 Å². The van der Waals surface area contributed by atoms with Crippen molar-refractivity contribution < 1.29 is 0 Å². The number of hydrogen-bond acceptors (Lipinski definition) is 0. The highest BCUT2D eigenvalue weighted by molar-refractivity contribution is 6.79. The number of hydrogen-bond donors (Lipinski definition) is 0. The summed E-state index contributed by atoms with van der Waals surface area (Å²) >= 11 is 0. The zero-order valence-electron chi connectivity index (χ0n) is 21.5. The molecule has 29 heavy (non-hydrogen) atoms. The molecule has 0 atom stereocenters. The first kappa shape index (κ1) is 29.1. The molecule has 0 aliphatic rings. The van der Waals surface area contributed by atoms with Crippen LogP contribution in [0.4, 0.5) is 0 Å². The van der Waals surface area contributed by atoms with Gasteiger partial charge in [0, 0.05) is 6.15 Å². The van der Waals surface area contributed by atoms with Crippen molar-refractivity contribution >= 4 is 6.15 Å². The molecular weight excluding hydrogens is 347 g/mol. The Hall–Kier alpha value is 0.0649. The van der Waals surface area contributed by atoms with E-state index in [9.17, 15) is 0 Å². The average Bonchev–Trinajstić information content (AvgIpc) is 2.73. The van der Waals surface area contributed by atoms with Gasteiger partial charge in [0.25, 0.3) is 0 Å². The van der Waals surface area contributed by atoms with Gasteiger partial charge in [-0.2, -0.15) is 25.3 Å². The molecule has 0 heterocycles. The van der Waals surface area contributed by atoms with E-state index in [1.165, 1.54) is 128 Å². The third-order valence-electron chi connectivity index (χ3n) is 7.68. The summed E-state index contributed by atoms with van der Waals surface area (Å²) in [6, 6.07) is 0. The van der Waals surface area contributed by atoms with Crippen LogP contribution in [0.2, 0.25) is 25.3 Å². The Morgan fingerprint density at radius 2 is 0.483 bits per heavy atom. The highest BCUT2D eigenvalue weighted by Crippen LogP contribution is 2.35. The van der Waals surface area contributed by atoms with Gasteiger partial charge in [0.2, 0.25) is 0 Å². The molecule has 0 fully saturated rings. The Labute approximate surface area is 187 Å². The van der Waals surface area contributed by atoms with Gasteiger partial charge in [-0.3, -0.25) is 0 Å². The SMILES string of the molecule is CCCCCCC[B-](CCCCCCC)(CCCCCCC)CCCCCCC. The normalized spacial score (nSPS) is 12.0. The van der Waals surface area contributed by atoms with Crippen LogP contribution in [0.1, 0.15) is 156 Å². The predicted octanol–water partition coefficient (Wildman–Crippen LogP) is 11.3. The van der Waals surface area contributed by atoms with Crippen molar-refractivity contribution in [1.82, 2.24) is 0 Å². The first-order valence-corrected chi connectivity index (χ1v) is 14.5. The maximum Gasteiger partial charge on any atom is 0.000747 e. The van der Waals surface area contributed by atoms with E-state index in [1.807, 2.05) is 0 Å². The maximum absolute atomic E-state index is 2.34.